The quantitative estimate of drug-likeness (QED) is 0.744. The number of halogens is 4. The van der Waals surface area contributed by atoms with Crippen molar-refractivity contribution in [2.24, 2.45) is 0 Å². The molecule has 20 heavy (non-hydrogen) atoms. The van der Waals surface area contributed by atoms with E-state index >= 15 is 0 Å². The maximum atomic E-state index is 13.5. The summed E-state index contributed by atoms with van der Waals surface area (Å²) < 4.78 is 14.4. The van der Waals surface area contributed by atoms with Crippen LogP contribution in [0.5, 0.6) is 0 Å². The van der Waals surface area contributed by atoms with E-state index in [4.69, 9.17) is 23.2 Å². The minimum absolute atomic E-state index is 0.192. The molecule has 1 unspecified atom stereocenters. The second-order valence-corrected chi connectivity index (χ2v) is 6.24. The molecule has 106 valence electrons. The minimum atomic E-state index is -0.310. The van der Waals surface area contributed by atoms with Crippen molar-refractivity contribution >= 4 is 39.1 Å². The van der Waals surface area contributed by atoms with Crippen molar-refractivity contribution in [1.29, 1.82) is 0 Å². The van der Waals surface area contributed by atoms with Gasteiger partial charge in [-0.1, -0.05) is 45.2 Å². The average molecular weight is 377 g/mol. The first-order valence-corrected chi connectivity index (χ1v) is 7.56. The lowest BCUT2D eigenvalue weighted by atomic mass is 9.97. The van der Waals surface area contributed by atoms with Gasteiger partial charge in [0.1, 0.15) is 5.82 Å². The van der Waals surface area contributed by atoms with E-state index < -0.39 is 0 Å². The molecular weight excluding hydrogens is 364 g/mol. The van der Waals surface area contributed by atoms with Crippen LogP contribution < -0.4 is 5.32 Å². The highest BCUT2D eigenvalue weighted by molar-refractivity contribution is 9.10. The number of hydrogen-bond acceptors (Lipinski definition) is 1. The molecule has 0 fully saturated rings. The summed E-state index contributed by atoms with van der Waals surface area (Å²) in [5, 5.41) is 4.18. The Bertz CT molecular complexity index is 646. The smallest absolute Gasteiger partial charge is 0.127 e. The van der Waals surface area contributed by atoms with E-state index in [1.807, 2.05) is 25.2 Å². The molecule has 0 aliphatic rings. The third kappa shape index (κ3) is 3.17. The van der Waals surface area contributed by atoms with Gasteiger partial charge in [0.25, 0.3) is 0 Å². The maximum absolute atomic E-state index is 13.5. The standard InChI is InChI=1S/C15H13BrCl2FN/c1-8-5-11(13(18)7-14(8)19)15(20-2)10-4-3-9(16)6-12(10)17/h3-7,15,20H,1-2H3. The van der Waals surface area contributed by atoms with Crippen molar-refractivity contribution < 1.29 is 4.39 Å². The molecule has 0 spiro atoms. The molecule has 0 bridgehead atoms. The van der Waals surface area contributed by atoms with Crippen LogP contribution in [0.3, 0.4) is 0 Å². The molecule has 0 amide bonds. The summed E-state index contributed by atoms with van der Waals surface area (Å²) in [7, 11) is 1.82. The highest BCUT2D eigenvalue weighted by Crippen LogP contribution is 2.34. The summed E-state index contributed by atoms with van der Waals surface area (Å²) in [5.74, 6) is -0.310. The molecule has 2 aromatic rings. The molecule has 0 heterocycles. The molecule has 1 nitrogen and oxygen atoms in total. The first-order chi connectivity index (χ1) is 9.43. The Kier molecular flexibility index (Phi) is 5.08. The zero-order valence-electron chi connectivity index (χ0n) is 11.0. The molecule has 1 atom stereocenters. The number of hydrogen-bond donors (Lipinski definition) is 1. The van der Waals surface area contributed by atoms with Gasteiger partial charge in [-0.3, -0.25) is 0 Å². The third-order valence-corrected chi connectivity index (χ3v) is 4.30. The zero-order chi connectivity index (χ0) is 14.9. The van der Waals surface area contributed by atoms with Gasteiger partial charge in [-0.15, -0.1) is 0 Å². The van der Waals surface area contributed by atoms with E-state index in [9.17, 15) is 4.39 Å². The summed E-state index contributed by atoms with van der Waals surface area (Å²) in [4.78, 5) is 0. The van der Waals surface area contributed by atoms with Gasteiger partial charge in [0, 0.05) is 14.5 Å². The topological polar surface area (TPSA) is 12.0 Å². The van der Waals surface area contributed by atoms with E-state index in [0.717, 1.165) is 15.6 Å². The Labute approximate surface area is 136 Å². The van der Waals surface area contributed by atoms with Gasteiger partial charge in [0.2, 0.25) is 0 Å². The van der Waals surface area contributed by atoms with E-state index in [-0.39, 0.29) is 11.9 Å². The second kappa shape index (κ2) is 6.44. The van der Waals surface area contributed by atoms with Crippen LogP contribution in [0.25, 0.3) is 0 Å². The Morgan fingerprint density at radius 1 is 1.10 bits per heavy atom. The van der Waals surface area contributed by atoms with Crippen molar-refractivity contribution in [2.45, 2.75) is 13.0 Å². The van der Waals surface area contributed by atoms with Gasteiger partial charge >= 0.3 is 0 Å². The fourth-order valence-corrected chi connectivity index (χ4v) is 3.16. The SMILES string of the molecule is CNC(c1ccc(Br)cc1Cl)c1cc(C)c(F)cc1Cl. The van der Waals surface area contributed by atoms with E-state index in [0.29, 0.717) is 15.6 Å². The molecule has 0 radical (unpaired) electrons. The van der Waals surface area contributed by atoms with Crippen LogP contribution >= 0.6 is 39.1 Å². The summed E-state index contributed by atoms with van der Waals surface area (Å²) in [6.07, 6.45) is 0. The number of benzene rings is 2. The predicted molar refractivity (Wildman–Crippen MR) is 86.2 cm³/mol. The number of aryl methyl sites for hydroxylation is 1. The normalized spacial score (nSPS) is 12.5. The van der Waals surface area contributed by atoms with Crippen molar-refractivity contribution in [2.75, 3.05) is 7.05 Å². The molecule has 1 N–H and O–H groups in total. The zero-order valence-corrected chi connectivity index (χ0v) is 14.1. The van der Waals surface area contributed by atoms with Gasteiger partial charge in [-0.25, -0.2) is 4.39 Å². The summed E-state index contributed by atoms with van der Waals surface area (Å²) in [5.41, 5.74) is 2.25. The molecule has 0 aromatic heterocycles. The summed E-state index contributed by atoms with van der Waals surface area (Å²) in [6.45, 7) is 1.71. The van der Waals surface area contributed by atoms with Crippen molar-refractivity contribution in [3.05, 3.63) is 67.4 Å². The molecule has 0 saturated carbocycles. The van der Waals surface area contributed by atoms with Crippen LogP contribution in [0.15, 0.2) is 34.8 Å². The summed E-state index contributed by atoms with van der Waals surface area (Å²) >= 11 is 15.8. The van der Waals surface area contributed by atoms with Gasteiger partial charge in [0.05, 0.1) is 6.04 Å². The molecule has 0 saturated heterocycles. The van der Waals surface area contributed by atoms with Crippen molar-refractivity contribution in [3.63, 3.8) is 0 Å². The first kappa shape index (κ1) is 15.8. The van der Waals surface area contributed by atoms with Crippen LogP contribution in [0.1, 0.15) is 22.7 Å². The Balaban J connectivity index is 2.55. The van der Waals surface area contributed by atoms with Crippen LogP contribution in [-0.2, 0) is 0 Å². The summed E-state index contributed by atoms with van der Waals surface area (Å²) in [6, 6.07) is 8.55. The lowest BCUT2D eigenvalue weighted by Crippen LogP contribution is -2.19. The third-order valence-electron chi connectivity index (χ3n) is 3.15. The van der Waals surface area contributed by atoms with Gasteiger partial charge in [-0.05, 0) is 54.9 Å². The molecule has 0 aliphatic heterocycles. The van der Waals surface area contributed by atoms with Crippen molar-refractivity contribution in [3.8, 4) is 0 Å². The van der Waals surface area contributed by atoms with Gasteiger partial charge < -0.3 is 5.32 Å². The first-order valence-electron chi connectivity index (χ1n) is 6.01. The number of rotatable bonds is 3. The van der Waals surface area contributed by atoms with Crippen LogP contribution in [0.2, 0.25) is 10.0 Å². The molecule has 2 rings (SSSR count). The van der Waals surface area contributed by atoms with Gasteiger partial charge in [0.15, 0.2) is 0 Å². The number of nitrogens with one attached hydrogen (secondary N) is 1. The predicted octanol–water partition coefficient (Wildman–Crippen LogP) is 5.51. The second-order valence-electron chi connectivity index (χ2n) is 4.51. The Morgan fingerprint density at radius 2 is 1.75 bits per heavy atom. The van der Waals surface area contributed by atoms with Gasteiger partial charge in [-0.2, -0.15) is 0 Å². The highest BCUT2D eigenvalue weighted by Gasteiger charge is 2.19. The largest absolute Gasteiger partial charge is 0.309 e. The van der Waals surface area contributed by atoms with Crippen LogP contribution in [-0.4, -0.2) is 7.05 Å². The van der Waals surface area contributed by atoms with E-state index in [1.165, 1.54) is 6.07 Å². The fourth-order valence-electron chi connectivity index (χ4n) is 2.11. The van der Waals surface area contributed by atoms with Crippen LogP contribution in [0, 0.1) is 12.7 Å². The van der Waals surface area contributed by atoms with E-state index in [2.05, 4.69) is 21.2 Å². The molecule has 2 aromatic carbocycles. The maximum Gasteiger partial charge on any atom is 0.127 e. The lowest BCUT2D eigenvalue weighted by molar-refractivity contribution is 0.614. The lowest BCUT2D eigenvalue weighted by Gasteiger charge is -2.20. The Morgan fingerprint density at radius 3 is 2.35 bits per heavy atom. The molecular formula is C15H13BrCl2FN. The Hall–Kier alpha value is -0.610. The monoisotopic (exact) mass is 375 g/mol. The minimum Gasteiger partial charge on any atom is -0.309 e. The average Bonchev–Trinajstić information content (AvgIpc) is 2.38. The molecule has 5 heteroatoms. The molecule has 0 aliphatic carbocycles. The van der Waals surface area contributed by atoms with Crippen LogP contribution in [0.4, 0.5) is 4.39 Å². The van der Waals surface area contributed by atoms with Crippen molar-refractivity contribution in [1.82, 2.24) is 5.32 Å². The highest BCUT2D eigenvalue weighted by atomic mass is 79.9. The fraction of sp³-hybridized carbons (Fsp3) is 0.200. The van der Waals surface area contributed by atoms with E-state index in [1.54, 1.807) is 13.0 Å².